The lowest BCUT2D eigenvalue weighted by atomic mass is 9.98. The van der Waals surface area contributed by atoms with Crippen LogP contribution in [0.5, 0.6) is 0 Å². The fourth-order valence-electron chi connectivity index (χ4n) is 3.38. The predicted molar refractivity (Wildman–Crippen MR) is 87.3 cm³/mol. The maximum atomic E-state index is 12.3. The normalized spacial score (nSPS) is 19.0. The summed E-state index contributed by atoms with van der Waals surface area (Å²) in [6.45, 7) is 1.83. The topological polar surface area (TPSA) is 55.8 Å². The summed E-state index contributed by atoms with van der Waals surface area (Å²) in [7, 11) is 0. The van der Waals surface area contributed by atoms with E-state index < -0.39 is 18.1 Å². The maximum Gasteiger partial charge on any atom is 0.413 e. The Labute approximate surface area is 139 Å². The Bertz CT molecular complexity index is 771. The van der Waals surface area contributed by atoms with E-state index >= 15 is 0 Å². The van der Waals surface area contributed by atoms with Crippen LogP contribution in [-0.4, -0.2) is 36.3 Å². The van der Waals surface area contributed by atoms with Gasteiger partial charge in [-0.1, -0.05) is 48.5 Å². The first-order valence-electron chi connectivity index (χ1n) is 7.95. The molecule has 1 aliphatic heterocycles. The lowest BCUT2D eigenvalue weighted by molar-refractivity contribution is -0.138. The molecule has 122 valence electrons. The lowest BCUT2D eigenvalue weighted by Crippen LogP contribution is -2.37. The second-order valence-corrected chi connectivity index (χ2v) is 6.04. The lowest BCUT2D eigenvalue weighted by Gasteiger charge is -2.19. The Kier molecular flexibility index (Phi) is 3.49. The molecule has 4 rings (SSSR count). The van der Waals surface area contributed by atoms with E-state index in [1.54, 1.807) is 6.92 Å². The zero-order chi connectivity index (χ0) is 16.7. The third-order valence-electron chi connectivity index (χ3n) is 4.73. The first kappa shape index (κ1) is 14.8. The maximum absolute atomic E-state index is 12.3. The van der Waals surface area contributed by atoms with E-state index in [2.05, 4.69) is 24.3 Å². The van der Waals surface area contributed by atoms with Gasteiger partial charge in [0, 0.05) is 5.92 Å². The number of fused-ring (bicyclic) bond motifs is 3. The summed E-state index contributed by atoms with van der Waals surface area (Å²) in [5.74, 6) is -0.389. The summed E-state index contributed by atoms with van der Waals surface area (Å²) >= 11 is 0. The number of amides is 1. The molecule has 1 atom stereocenters. The van der Waals surface area contributed by atoms with Crippen molar-refractivity contribution in [3.63, 3.8) is 0 Å². The minimum atomic E-state index is -0.597. The van der Waals surface area contributed by atoms with Crippen molar-refractivity contribution in [2.45, 2.75) is 18.9 Å². The largest absolute Gasteiger partial charge is 0.448 e. The van der Waals surface area contributed by atoms with Gasteiger partial charge in [0.25, 0.3) is 0 Å². The van der Waals surface area contributed by atoms with Crippen LogP contribution in [0.1, 0.15) is 24.0 Å². The SMILES string of the molecule is C[C@H]1C(=O)O[13CH2]N1C(=O)OCC1c2ccccc2-c2ccccc21. The molecule has 0 radical (unpaired) electrons. The average Bonchev–Trinajstić information content (AvgIpc) is 3.11. The van der Waals surface area contributed by atoms with Gasteiger partial charge in [0.1, 0.15) is 12.6 Å². The number of ether oxygens (including phenoxy) is 2. The molecule has 0 bridgehead atoms. The third kappa shape index (κ3) is 2.24. The molecular weight excluding hydrogens is 307 g/mol. The highest BCUT2D eigenvalue weighted by atomic mass is 16.6. The quantitative estimate of drug-likeness (QED) is 0.629. The monoisotopic (exact) mass is 324 g/mol. The van der Waals surface area contributed by atoms with E-state index in [4.69, 9.17) is 9.47 Å². The second kappa shape index (κ2) is 5.67. The van der Waals surface area contributed by atoms with E-state index in [9.17, 15) is 9.59 Å². The van der Waals surface area contributed by atoms with Gasteiger partial charge in [-0.3, -0.25) is 4.90 Å². The third-order valence-corrected chi connectivity index (χ3v) is 4.73. The minimum absolute atomic E-state index is 0.0101. The standard InChI is InChI=1S/C19H17NO4/c1-12-18(21)24-11-20(12)19(22)23-10-17-15-8-4-2-6-13(15)14-7-3-5-9-16(14)17/h2-9,12,17H,10-11H2,1H3/t12-/m0/s1/i11+1. The Morgan fingerprint density at radius 1 is 1.12 bits per heavy atom. The van der Waals surface area contributed by atoms with Crippen LogP contribution in [0.25, 0.3) is 11.1 Å². The molecule has 1 heterocycles. The molecule has 1 amide bonds. The van der Waals surface area contributed by atoms with Crippen molar-refractivity contribution in [2.24, 2.45) is 0 Å². The molecule has 0 aromatic heterocycles. The Morgan fingerprint density at radius 2 is 1.71 bits per heavy atom. The van der Waals surface area contributed by atoms with E-state index in [-0.39, 0.29) is 19.3 Å². The molecule has 0 spiro atoms. The van der Waals surface area contributed by atoms with E-state index in [1.165, 1.54) is 16.0 Å². The molecule has 5 heteroatoms. The molecule has 5 nitrogen and oxygen atoms in total. The number of carbonyl (C=O) groups is 2. The predicted octanol–water partition coefficient (Wildman–Crippen LogP) is 3.14. The van der Waals surface area contributed by atoms with Crippen LogP contribution in [-0.2, 0) is 14.3 Å². The number of esters is 1. The Balaban J connectivity index is 1.55. The summed E-state index contributed by atoms with van der Waals surface area (Å²) in [5, 5.41) is 0. The second-order valence-electron chi connectivity index (χ2n) is 6.04. The first-order chi connectivity index (χ1) is 11.7. The Morgan fingerprint density at radius 3 is 2.25 bits per heavy atom. The fraction of sp³-hybridized carbons (Fsp3) is 0.263. The van der Waals surface area contributed by atoms with E-state index in [0.29, 0.717) is 0 Å². The first-order valence-corrected chi connectivity index (χ1v) is 7.95. The zero-order valence-corrected chi connectivity index (χ0v) is 13.3. The van der Waals surface area contributed by atoms with Crippen molar-refractivity contribution in [3.05, 3.63) is 59.7 Å². The molecule has 1 aliphatic carbocycles. The fourth-order valence-corrected chi connectivity index (χ4v) is 3.38. The van der Waals surface area contributed by atoms with Crippen molar-refractivity contribution in [2.75, 3.05) is 13.3 Å². The van der Waals surface area contributed by atoms with Gasteiger partial charge in [0.15, 0.2) is 6.73 Å². The average molecular weight is 324 g/mol. The van der Waals surface area contributed by atoms with Crippen LogP contribution in [0.15, 0.2) is 48.5 Å². The molecule has 24 heavy (non-hydrogen) atoms. The van der Waals surface area contributed by atoms with E-state index in [1.807, 2.05) is 24.3 Å². The highest BCUT2D eigenvalue weighted by molar-refractivity contribution is 5.83. The van der Waals surface area contributed by atoms with Crippen molar-refractivity contribution < 1.29 is 19.1 Å². The van der Waals surface area contributed by atoms with Crippen LogP contribution in [0, 0.1) is 0 Å². The minimum Gasteiger partial charge on any atom is -0.448 e. The van der Waals surface area contributed by atoms with Gasteiger partial charge in [-0.2, -0.15) is 0 Å². The highest BCUT2D eigenvalue weighted by Gasteiger charge is 2.36. The smallest absolute Gasteiger partial charge is 0.413 e. The number of hydrogen-bond donors (Lipinski definition) is 0. The van der Waals surface area contributed by atoms with Crippen LogP contribution in [0.4, 0.5) is 4.79 Å². The van der Waals surface area contributed by atoms with Crippen LogP contribution >= 0.6 is 0 Å². The van der Waals surface area contributed by atoms with Crippen LogP contribution in [0.3, 0.4) is 0 Å². The van der Waals surface area contributed by atoms with Gasteiger partial charge in [-0.15, -0.1) is 0 Å². The molecule has 0 saturated carbocycles. The molecule has 0 N–H and O–H groups in total. The van der Waals surface area contributed by atoms with Crippen molar-refractivity contribution >= 4 is 12.1 Å². The van der Waals surface area contributed by atoms with Crippen LogP contribution in [0.2, 0.25) is 0 Å². The molecule has 1 saturated heterocycles. The molecular formula is C19H17NO4. The van der Waals surface area contributed by atoms with Gasteiger partial charge in [0.2, 0.25) is 0 Å². The molecule has 0 unspecified atom stereocenters. The number of carbonyl (C=O) groups excluding carboxylic acids is 2. The zero-order valence-electron chi connectivity index (χ0n) is 13.3. The van der Waals surface area contributed by atoms with Crippen molar-refractivity contribution in [1.29, 1.82) is 0 Å². The molecule has 2 aliphatic rings. The van der Waals surface area contributed by atoms with Gasteiger partial charge in [-0.05, 0) is 29.2 Å². The molecule has 2 aromatic rings. The van der Waals surface area contributed by atoms with Crippen molar-refractivity contribution in [3.8, 4) is 11.1 Å². The van der Waals surface area contributed by atoms with Gasteiger partial charge in [0.05, 0.1) is 0 Å². The van der Waals surface area contributed by atoms with Gasteiger partial charge < -0.3 is 9.47 Å². The Hall–Kier alpha value is -2.82. The van der Waals surface area contributed by atoms with E-state index in [0.717, 1.165) is 11.1 Å². The highest BCUT2D eigenvalue weighted by Crippen LogP contribution is 2.44. The number of cyclic esters (lactones) is 1. The molecule has 1 fully saturated rings. The van der Waals surface area contributed by atoms with Crippen molar-refractivity contribution in [1.82, 2.24) is 4.90 Å². The summed E-state index contributed by atoms with van der Waals surface area (Å²) in [6.07, 6.45) is -0.518. The summed E-state index contributed by atoms with van der Waals surface area (Å²) in [5.41, 5.74) is 4.69. The number of rotatable bonds is 2. The summed E-state index contributed by atoms with van der Waals surface area (Å²) in [6, 6.07) is 15.7. The summed E-state index contributed by atoms with van der Waals surface area (Å²) in [4.78, 5) is 25.0. The van der Waals surface area contributed by atoms with Gasteiger partial charge in [-0.25, -0.2) is 9.59 Å². The summed E-state index contributed by atoms with van der Waals surface area (Å²) < 4.78 is 10.4. The number of hydrogen-bond acceptors (Lipinski definition) is 4. The number of benzene rings is 2. The van der Waals surface area contributed by atoms with Crippen LogP contribution < -0.4 is 0 Å². The molecule has 2 aromatic carbocycles. The number of nitrogens with zero attached hydrogens (tertiary/aromatic N) is 1. The van der Waals surface area contributed by atoms with Gasteiger partial charge >= 0.3 is 12.1 Å².